The zero-order valence-corrected chi connectivity index (χ0v) is 13.1. The molecule has 3 atom stereocenters. The van der Waals surface area contributed by atoms with Gasteiger partial charge in [0.2, 0.25) is 0 Å². The topological polar surface area (TPSA) is 15.3 Å². The summed E-state index contributed by atoms with van der Waals surface area (Å²) >= 11 is 0. The number of hydrogen-bond acceptors (Lipinski definition) is 2. The first kappa shape index (κ1) is 13.8. The molecular formula is C19H28N2. The first-order valence-corrected chi connectivity index (χ1v) is 8.94. The van der Waals surface area contributed by atoms with Gasteiger partial charge in [0, 0.05) is 31.6 Å². The normalized spacial score (nSPS) is 33.2. The van der Waals surface area contributed by atoms with Crippen molar-refractivity contribution < 1.29 is 0 Å². The minimum absolute atomic E-state index is 0.690. The standard InChI is InChI=1S/C19H28N2/c1-3-9-18-16(7-1)12-20-13-17(18)14-21-11-5-8-15-6-2-4-10-19(15)21/h1,3,7,9,15,17,19-20H,2,4-6,8,10-14H2/t15-,17?,19-/m1/s1. The SMILES string of the molecule is c1ccc2c(c1)CNCC2CN1CCC[C@H]2CCCC[C@H]21. The molecule has 1 aromatic carbocycles. The first-order chi connectivity index (χ1) is 10.4. The number of likely N-dealkylation sites (tertiary alicyclic amines) is 1. The third kappa shape index (κ3) is 2.76. The van der Waals surface area contributed by atoms with E-state index in [1.54, 1.807) is 5.56 Å². The van der Waals surface area contributed by atoms with Gasteiger partial charge in [-0.1, -0.05) is 37.1 Å². The molecule has 0 radical (unpaired) electrons. The molecule has 2 heteroatoms. The lowest BCUT2D eigenvalue weighted by molar-refractivity contribution is 0.0550. The van der Waals surface area contributed by atoms with E-state index in [2.05, 4.69) is 34.5 Å². The number of benzene rings is 1. The second kappa shape index (κ2) is 6.10. The first-order valence-electron chi connectivity index (χ1n) is 8.94. The molecule has 0 bridgehead atoms. The van der Waals surface area contributed by atoms with Crippen molar-refractivity contribution >= 4 is 0 Å². The molecule has 2 nitrogen and oxygen atoms in total. The average Bonchev–Trinajstić information content (AvgIpc) is 2.56. The second-order valence-electron chi connectivity index (χ2n) is 7.28. The van der Waals surface area contributed by atoms with Crippen LogP contribution in [0.5, 0.6) is 0 Å². The van der Waals surface area contributed by atoms with Crippen LogP contribution in [-0.2, 0) is 6.54 Å². The average molecular weight is 284 g/mol. The molecule has 0 aromatic heterocycles. The summed E-state index contributed by atoms with van der Waals surface area (Å²) in [6.45, 7) is 4.81. The fourth-order valence-electron chi connectivity index (χ4n) is 4.99. The number of nitrogens with one attached hydrogen (secondary N) is 1. The van der Waals surface area contributed by atoms with Gasteiger partial charge in [-0.05, 0) is 49.3 Å². The third-order valence-electron chi connectivity index (χ3n) is 6.01. The van der Waals surface area contributed by atoms with E-state index in [9.17, 15) is 0 Å². The molecule has 0 amide bonds. The van der Waals surface area contributed by atoms with Crippen LogP contribution in [0.25, 0.3) is 0 Å². The Balaban J connectivity index is 1.50. The van der Waals surface area contributed by atoms with Crippen LogP contribution in [0, 0.1) is 5.92 Å². The van der Waals surface area contributed by atoms with Gasteiger partial charge in [0.1, 0.15) is 0 Å². The van der Waals surface area contributed by atoms with Crippen LogP contribution in [0.3, 0.4) is 0 Å². The predicted molar refractivity (Wildman–Crippen MR) is 87.4 cm³/mol. The van der Waals surface area contributed by atoms with Crippen molar-refractivity contribution in [3.8, 4) is 0 Å². The molecule has 2 aliphatic heterocycles. The van der Waals surface area contributed by atoms with Crippen molar-refractivity contribution in [1.29, 1.82) is 0 Å². The van der Waals surface area contributed by atoms with Crippen LogP contribution < -0.4 is 5.32 Å². The van der Waals surface area contributed by atoms with E-state index in [1.807, 2.05) is 0 Å². The summed E-state index contributed by atoms with van der Waals surface area (Å²) in [4.78, 5) is 2.85. The monoisotopic (exact) mass is 284 g/mol. The zero-order valence-electron chi connectivity index (χ0n) is 13.1. The Labute approximate surface area is 128 Å². The molecular weight excluding hydrogens is 256 g/mol. The molecule has 1 aliphatic carbocycles. The molecule has 1 saturated carbocycles. The summed E-state index contributed by atoms with van der Waals surface area (Å²) in [5.41, 5.74) is 3.13. The molecule has 1 aromatic rings. The van der Waals surface area contributed by atoms with Gasteiger partial charge in [-0.2, -0.15) is 0 Å². The number of hydrogen-bond donors (Lipinski definition) is 1. The van der Waals surface area contributed by atoms with E-state index in [1.165, 1.54) is 57.2 Å². The fourth-order valence-corrected chi connectivity index (χ4v) is 4.99. The van der Waals surface area contributed by atoms with E-state index >= 15 is 0 Å². The summed E-state index contributed by atoms with van der Waals surface area (Å²) in [6, 6.07) is 9.95. The second-order valence-corrected chi connectivity index (χ2v) is 7.28. The molecule has 0 spiro atoms. The minimum Gasteiger partial charge on any atom is -0.312 e. The maximum absolute atomic E-state index is 3.63. The maximum Gasteiger partial charge on any atom is 0.0208 e. The summed E-state index contributed by atoms with van der Waals surface area (Å²) in [7, 11) is 0. The van der Waals surface area contributed by atoms with Crippen molar-refractivity contribution in [2.45, 2.75) is 57.0 Å². The molecule has 114 valence electrons. The van der Waals surface area contributed by atoms with E-state index in [0.717, 1.165) is 25.0 Å². The Hall–Kier alpha value is -0.860. The summed E-state index contributed by atoms with van der Waals surface area (Å²) in [6.07, 6.45) is 8.77. The van der Waals surface area contributed by atoms with Crippen molar-refractivity contribution in [1.82, 2.24) is 10.2 Å². The Morgan fingerprint density at radius 1 is 1.05 bits per heavy atom. The van der Waals surface area contributed by atoms with Crippen LogP contribution in [0.2, 0.25) is 0 Å². The van der Waals surface area contributed by atoms with Gasteiger partial charge >= 0.3 is 0 Å². The van der Waals surface area contributed by atoms with E-state index in [4.69, 9.17) is 0 Å². The lowest BCUT2D eigenvalue weighted by atomic mass is 9.77. The lowest BCUT2D eigenvalue weighted by Crippen LogP contribution is -2.49. The van der Waals surface area contributed by atoms with Crippen molar-refractivity contribution in [3.05, 3.63) is 35.4 Å². The largest absolute Gasteiger partial charge is 0.312 e. The summed E-state index contributed by atoms with van der Waals surface area (Å²) in [5.74, 6) is 1.69. The van der Waals surface area contributed by atoms with Gasteiger partial charge in [0.25, 0.3) is 0 Å². The minimum atomic E-state index is 0.690. The Morgan fingerprint density at radius 2 is 1.90 bits per heavy atom. The Bertz CT molecular complexity index is 482. The Kier molecular flexibility index (Phi) is 4.00. The van der Waals surface area contributed by atoms with E-state index < -0.39 is 0 Å². The number of rotatable bonds is 2. The summed E-state index contributed by atoms with van der Waals surface area (Å²) < 4.78 is 0. The molecule has 1 saturated heterocycles. The van der Waals surface area contributed by atoms with Gasteiger partial charge in [-0.15, -0.1) is 0 Å². The van der Waals surface area contributed by atoms with Gasteiger partial charge in [-0.25, -0.2) is 0 Å². The van der Waals surface area contributed by atoms with E-state index in [-0.39, 0.29) is 0 Å². The molecule has 2 heterocycles. The highest BCUT2D eigenvalue weighted by atomic mass is 15.2. The van der Waals surface area contributed by atoms with Crippen LogP contribution in [0.1, 0.15) is 55.6 Å². The predicted octanol–water partition coefficient (Wildman–Crippen LogP) is 3.53. The molecule has 3 aliphatic rings. The molecule has 1 N–H and O–H groups in total. The lowest BCUT2D eigenvalue weighted by Gasteiger charge is -2.46. The number of piperidine rings is 1. The highest BCUT2D eigenvalue weighted by molar-refractivity contribution is 5.33. The quantitative estimate of drug-likeness (QED) is 0.894. The van der Waals surface area contributed by atoms with Crippen LogP contribution >= 0.6 is 0 Å². The fraction of sp³-hybridized carbons (Fsp3) is 0.684. The van der Waals surface area contributed by atoms with Crippen molar-refractivity contribution in [2.75, 3.05) is 19.6 Å². The number of fused-ring (bicyclic) bond motifs is 2. The molecule has 21 heavy (non-hydrogen) atoms. The maximum atomic E-state index is 3.63. The van der Waals surface area contributed by atoms with E-state index in [0.29, 0.717) is 5.92 Å². The van der Waals surface area contributed by atoms with Crippen molar-refractivity contribution in [2.24, 2.45) is 5.92 Å². The van der Waals surface area contributed by atoms with Gasteiger partial charge < -0.3 is 5.32 Å². The highest BCUT2D eigenvalue weighted by Crippen LogP contribution is 2.36. The van der Waals surface area contributed by atoms with Crippen LogP contribution in [-0.4, -0.2) is 30.6 Å². The van der Waals surface area contributed by atoms with Crippen LogP contribution in [0.15, 0.2) is 24.3 Å². The third-order valence-corrected chi connectivity index (χ3v) is 6.01. The molecule has 2 fully saturated rings. The summed E-state index contributed by atoms with van der Waals surface area (Å²) in [5, 5.41) is 3.63. The highest BCUT2D eigenvalue weighted by Gasteiger charge is 2.34. The van der Waals surface area contributed by atoms with Gasteiger partial charge in [-0.3, -0.25) is 4.90 Å². The van der Waals surface area contributed by atoms with Gasteiger partial charge in [0.05, 0.1) is 0 Å². The van der Waals surface area contributed by atoms with Crippen LogP contribution in [0.4, 0.5) is 0 Å². The van der Waals surface area contributed by atoms with Gasteiger partial charge in [0.15, 0.2) is 0 Å². The number of nitrogens with zero attached hydrogens (tertiary/aromatic N) is 1. The zero-order chi connectivity index (χ0) is 14.1. The van der Waals surface area contributed by atoms with Crippen molar-refractivity contribution in [3.63, 3.8) is 0 Å². The Morgan fingerprint density at radius 3 is 2.90 bits per heavy atom. The molecule has 4 rings (SSSR count). The molecule has 1 unspecified atom stereocenters. The smallest absolute Gasteiger partial charge is 0.0208 e.